The van der Waals surface area contributed by atoms with E-state index in [2.05, 4.69) is 18.7 Å². The van der Waals surface area contributed by atoms with Crippen LogP contribution < -0.4 is 9.47 Å². The SMILES string of the molecule is COc1cccc(CN2CCCC(C(=O)O)C2)c1OCCC(C)C. The Kier molecular flexibility index (Phi) is 6.91. The molecule has 1 heterocycles. The molecule has 0 amide bonds. The van der Waals surface area contributed by atoms with Crippen LogP contribution >= 0.6 is 0 Å². The topological polar surface area (TPSA) is 59.0 Å². The summed E-state index contributed by atoms with van der Waals surface area (Å²) in [6.45, 7) is 7.21. The standard InChI is InChI=1S/C19H29NO4/c1-14(2)9-11-24-18-15(6-4-8-17(18)23-3)12-20-10-5-7-16(13-20)19(21)22/h4,6,8,14,16H,5,7,9-13H2,1-3H3,(H,21,22). The minimum atomic E-state index is -0.696. The van der Waals surface area contributed by atoms with Gasteiger partial charge in [0.2, 0.25) is 0 Å². The van der Waals surface area contributed by atoms with Gasteiger partial charge in [0, 0.05) is 18.7 Å². The van der Waals surface area contributed by atoms with Gasteiger partial charge in [-0.1, -0.05) is 26.0 Å². The number of likely N-dealkylation sites (tertiary alicyclic amines) is 1. The summed E-state index contributed by atoms with van der Waals surface area (Å²) in [6, 6.07) is 5.91. The molecule has 1 aliphatic heterocycles. The van der Waals surface area contributed by atoms with E-state index in [1.54, 1.807) is 7.11 Å². The molecule has 0 aliphatic carbocycles. The Morgan fingerprint density at radius 1 is 1.42 bits per heavy atom. The Morgan fingerprint density at radius 2 is 2.21 bits per heavy atom. The number of ether oxygens (including phenoxy) is 2. The minimum Gasteiger partial charge on any atom is -0.493 e. The normalized spacial score (nSPS) is 18.6. The van der Waals surface area contributed by atoms with Crippen molar-refractivity contribution in [2.45, 2.75) is 39.7 Å². The molecule has 1 N–H and O–H groups in total. The second-order valence-electron chi connectivity index (χ2n) is 6.89. The number of para-hydroxylation sites is 1. The highest BCUT2D eigenvalue weighted by atomic mass is 16.5. The number of piperidine rings is 1. The minimum absolute atomic E-state index is 0.269. The average Bonchev–Trinajstić information content (AvgIpc) is 2.56. The Hall–Kier alpha value is -1.75. The van der Waals surface area contributed by atoms with Crippen molar-refractivity contribution in [3.05, 3.63) is 23.8 Å². The van der Waals surface area contributed by atoms with Gasteiger partial charge in [0.05, 0.1) is 19.6 Å². The number of benzene rings is 1. The van der Waals surface area contributed by atoms with Gasteiger partial charge >= 0.3 is 5.97 Å². The summed E-state index contributed by atoms with van der Waals surface area (Å²) in [7, 11) is 1.65. The van der Waals surface area contributed by atoms with Gasteiger partial charge < -0.3 is 14.6 Å². The molecule has 1 fully saturated rings. The van der Waals surface area contributed by atoms with Crippen LogP contribution in [-0.2, 0) is 11.3 Å². The van der Waals surface area contributed by atoms with E-state index in [1.165, 1.54) is 0 Å². The van der Waals surface area contributed by atoms with Crippen LogP contribution in [0.25, 0.3) is 0 Å². The van der Waals surface area contributed by atoms with Gasteiger partial charge in [-0.15, -0.1) is 0 Å². The zero-order chi connectivity index (χ0) is 17.5. The molecule has 1 saturated heterocycles. The van der Waals surface area contributed by atoms with E-state index in [-0.39, 0.29) is 5.92 Å². The Morgan fingerprint density at radius 3 is 2.88 bits per heavy atom. The molecule has 0 bridgehead atoms. The van der Waals surface area contributed by atoms with E-state index < -0.39 is 5.97 Å². The molecule has 1 atom stereocenters. The van der Waals surface area contributed by atoms with Crippen molar-refractivity contribution in [1.82, 2.24) is 4.90 Å². The van der Waals surface area contributed by atoms with Crippen molar-refractivity contribution in [3.63, 3.8) is 0 Å². The maximum Gasteiger partial charge on any atom is 0.307 e. The number of hydrogen-bond acceptors (Lipinski definition) is 4. The molecule has 24 heavy (non-hydrogen) atoms. The zero-order valence-electron chi connectivity index (χ0n) is 15.0. The first-order chi connectivity index (χ1) is 11.5. The van der Waals surface area contributed by atoms with Crippen LogP contribution in [0.3, 0.4) is 0 Å². The fourth-order valence-corrected chi connectivity index (χ4v) is 3.05. The van der Waals surface area contributed by atoms with E-state index in [0.717, 1.165) is 42.9 Å². The molecule has 0 spiro atoms. The highest BCUT2D eigenvalue weighted by Gasteiger charge is 2.26. The van der Waals surface area contributed by atoms with Crippen molar-refractivity contribution < 1.29 is 19.4 Å². The molecule has 1 aliphatic rings. The number of aliphatic carboxylic acids is 1. The number of methoxy groups -OCH3 is 1. The fraction of sp³-hybridized carbons (Fsp3) is 0.632. The van der Waals surface area contributed by atoms with Gasteiger partial charge in [-0.25, -0.2) is 0 Å². The molecule has 1 unspecified atom stereocenters. The largest absolute Gasteiger partial charge is 0.493 e. The molecule has 0 radical (unpaired) electrons. The molecule has 1 aromatic carbocycles. The van der Waals surface area contributed by atoms with Crippen LogP contribution in [0.15, 0.2) is 18.2 Å². The van der Waals surface area contributed by atoms with Gasteiger partial charge in [-0.2, -0.15) is 0 Å². The van der Waals surface area contributed by atoms with Crippen LogP contribution in [0, 0.1) is 11.8 Å². The van der Waals surface area contributed by atoms with E-state index in [9.17, 15) is 9.90 Å². The highest BCUT2D eigenvalue weighted by Crippen LogP contribution is 2.33. The first-order valence-corrected chi connectivity index (χ1v) is 8.75. The number of hydrogen-bond donors (Lipinski definition) is 1. The first kappa shape index (κ1) is 18.6. The maximum absolute atomic E-state index is 11.3. The van der Waals surface area contributed by atoms with Crippen molar-refractivity contribution in [1.29, 1.82) is 0 Å². The third-order valence-corrected chi connectivity index (χ3v) is 4.47. The summed E-state index contributed by atoms with van der Waals surface area (Å²) in [5.41, 5.74) is 1.06. The van der Waals surface area contributed by atoms with E-state index >= 15 is 0 Å². The van der Waals surface area contributed by atoms with Gasteiger partial charge in [-0.05, 0) is 37.8 Å². The number of carboxylic acids is 1. The summed E-state index contributed by atoms with van der Waals surface area (Å²) in [5.74, 6) is 1.15. The summed E-state index contributed by atoms with van der Waals surface area (Å²) >= 11 is 0. The average molecular weight is 335 g/mol. The molecule has 0 saturated carbocycles. The highest BCUT2D eigenvalue weighted by molar-refractivity contribution is 5.70. The van der Waals surface area contributed by atoms with Gasteiger partial charge in [0.1, 0.15) is 0 Å². The van der Waals surface area contributed by atoms with Crippen LogP contribution in [0.5, 0.6) is 11.5 Å². The lowest BCUT2D eigenvalue weighted by molar-refractivity contribution is -0.143. The maximum atomic E-state index is 11.3. The smallest absolute Gasteiger partial charge is 0.307 e. The zero-order valence-corrected chi connectivity index (χ0v) is 15.0. The number of carbonyl (C=O) groups is 1. The van der Waals surface area contributed by atoms with Crippen molar-refractivity contribution in [2.24, 2.45) is 11.8 Å². The Balaban J connectivity index is 2.09. The van der Waals surface area contributed by atoms with E-state index in [1.807, 2.05) is 18.2 Å². The van der Waals surface area contributed by atoms with Crippen LogP contribution in [-0.4, -0.2) is 42.8 Å². The lowest BCUT2D eigenvalue weighted by atomic mass is 9.98. The van der Waals surface area contributed by atoms with Crippen molar-refractivity contribution in [3.8, 4) is 11.5 Å². The lowest BCUT2D eigenvalue weighted by Gasteiger charge is -2.31. The second kappa shape index (κ2) is 8.92. The van der Waals surface area contributed by atoms with Crippen molar-refractivity contribution in [2.75, 3.05) is 26.8 Å². The third-order valence-electron chi connectivity index (χ3n) is 4.47. The van der Waals surface area contributed by atoms with Gasteiger partial charge in [-0.3, -0.25) is 9.69 Å². The summed E-state index contributed by atoms with van der Waals surface area (Å²) in [5, 5.41) is 9.26. The third kappa shape index (κ3) is 5.13. The predicted octanol–water partition coefficient (Wildman–Crippen LogP) is 3.42. The van der Waals surface area contributed by atoms with E-state index in [4.69, 9.17) is 9.47 Å². The summed E-state index contributed by atoms with van der Waals surface area (Å²) < 4.78 is 11.5. The van der Waals surface area contributed by atoms with Gasteiger partial charge in [0.15, 0.2) is 11.5 Å². The fourth-order valence-electron chi connectivity index (χ4n) is 3.05. The number of carboxylic acid groups (broad SMARTS) is 1. The molecule has 2 rings (SSSR count). The van der Waals surface area contributed by atoms with E-state index in [0.29, 0.717) is 25.6 Å². The Bertz CT molecular complexity index is 544. The van der Waals surface area contributed by atoms with Gasteiger partial charge in [0.25, 0.3) is 0 Å². The van der Waals surface area contributed by atoms with Crippen molar-refractivity contribution >= 4 is 5.97 Å². The number of nitrogens with zero attached hydrogens (tertiary/aromatic N) is 1. The molecule has 134 valence electrons. The lowest BCUT2D eigenvalue weighted by Crippen LogP contribution is -2.38. The molecule has 5 nitrogen and oxygen atoms in total. The summed E-state index contributed by atoms with van der Waals surface area (Å²) in [4.78, 5) is 13.5. The number of rotatable bonds is 8. The molecule has 0 aromatic heterocycles. The molecule has 5 heteroatoms. The van der Waals surface area contributed by atoms with Crippen LogP contribution in [0.4, 0.5) is 0 Å². The molecular formula is C19H29NO4. The first-order valence-electron chi connectivity index (χ1n) is 8.75. The second-order valence-corrected chi connectivity index (χ2v) is 6.89. The predicted molar refractivity (Wildman–Crippen MR) is 93.6 cm³/mol. The molecular weight excluding hydrogens is 306 g/mol. The van der Waals surface area contributed by atoms with Crippen LogP contribution in [0.1, 0.15) is 38.7 Å². The van der Waals surface area contributed by atoms with Crippen LogP contribution in [0.2, 0.25) is 0 Å². The summed E-state index contributed by atoms with van der Waals surface area (Å²) in [6.07, 6.45) is 2.68. The molecule has 1 aromatic rings. The Labute approximate surface area is 144 Å². The monoisotopic (exact) mass is 335 g/mol. The quantitative estimate of drug-likeness (QED) is 0.789.